The molecule has 0 unspecified atom stereocenters. The molecule has 0 atom stereocenters. The van der Waals surface area contributed by atoms with Gasteiger partial charge in [-0.1, -0.05) is 15.9 Å². The van der Waals surface area contributed by atoms with Crippen LogP contribution in [0, 0.1) is 5.82 Å². The first kappa shape index (κ1) is 12.5. The molecule has 0 bridgehead atoms. The van der Waals surface area contributed by atoms with E-state index in [1.54, 1.807) is 13.8 Å². The normalized spacial score (nSPS) is 10.6. The summed E-state index contributed by atoms with van der Waals surface area (Å²) in [5.41, 5.74) is -0.215. The minimum absolute atomic E-state index is 0.0105. The molecule has 0 heterocycles. The van der Waals surface area contributed by atoms with Gasteiger partial charge in [0.05, 0.1) is 6.10 Å². The standard InChI is InChI=1S/C9H11BBrFO3/c1-5(2)15-7-4-3-6(11)8(9(7)12)10(13)14/h3-5,13-14H,1-2H3. The maximum absolute atomic E-state index is 13.7. The highest BCUT2D eigenvalue weighted by atomic mass is 79.9. The summed E-state index contributed by atoms with van der Waals surface area (Å²) in [6, 6.07) is 2.95. The molecule has 3 nitrogen and oxygen atoms in total. The highest BCUT2D eigenvalue weighted by Gasteiger charge is 2.23. The van der Waals surface area contributed by atoms with E-state index < -0.39 is 12.9 Å². The van der Waals surface area contributed by atoms with E-state index in [2.05, 4.69) is 15.9 Å². The van der Waals surface area contributed by atoms with Gasteiger partial charge in [-0.3, -0.25) is 0 Å². The molecule has 0 saturated heterocycles. The summed E-state index contributed by atoms with van der Waals surface area (Å²) in [5.74, 6) is -0.746. The topological polar surface area (TPSA) is 49.7 Å². The Morgan fingerprint density at radius 1 is 1.40 bits per heavy atom. The minimum Gasteiger partial charge on any atom is -0.488 e. The number of halogens is 2. The third-order valence-corrected chi connectivity index (χ3v) is 2.40. The Bertz CT molecular complexity index is 357. The van der Waals surface area contributed by atoms with Gasteiger partial charge in [-0.2, -0.15) is 0 Å². The number of rotatable bonds is 3. The second-order valence-corrected chi connectivity index (χ2v) is 4.17. The summed E-state index contributed by atoms with van der Waals surface area (Å²) in [6.45, 7) is 3.52. The predicted molar refractivity (Wildman–Crippen MR) is 59.7 cm³/mol. The van der Waals surface area contributed by atoms with Crippen molar-refractivity contribution in [2.24, 2.45) is 0 Å². The monoisotopic (exact) mass is 276 g/mol. The van der Waals surface area contributed by atoms with Crippen LogP contribution in [0.25, 0.3) is 0 Å². The van der Waals surface area contributed by atoms with Crippen molar-refractivity contribution in [1.29, 1.82) is 0 Å². The van der Waals surface area contributed by atoms with Gasteiger partial charge in [-0.15, -0.1) is 0 Å². The SMILES string of the molecule is CC(C)Oc1ccc(Br)c(B(O)O)c1F. The summed E-state index contributed by atoms with van der Waals surface area (Å²) in [5, 5.41) is 17.9. The van der Waals surface area contributed by atoms with Crippen molar-refractivity contribution in [3.63, 3.8) is 0 Å². The van der Waals surface area contributed by atoms with Crippen molar-refractivity contribution in [3.8, 4) is 5.75 Å². The molecule has 1 aromatic rings. The minimum atomic E-state index is -1.87. The molecule has 0 aliphatic heterocycles. The van der Waals surface area contributed by atoms with Crippen LogP contribution in [-0.2, 0) is 0 Å². The van der Waals surface area contributed by atoms with Crippen molar-refractivity contribution in [2.45, 2.75) is 20.0 Å². The van der Waals surface area contributed by atoms with Crippen LogP contribution in [0.3, 0.4) is 0 Å². The number of ether oxygens (including phenoxy) is 1. The molecule has 6 heteroatoms. The van der Waals surface area contributed by atoms with E-state index in [-0.39, 0.29) is 17.3 Å². The van der Waals surface area contributed by atoms with E-state index >= 15 is 0 Å². The Balaban J connectivity index is 3.16. The summed E-state index contributed by atoms with van der Waals surface area (Å²) < 4.78 is 19.1. The summed E-state index contributed by atoms with van der Waals surface area (Å²) in [4.78, 5) is 0. The molecule has 0 aliphatic rings. The lowest BCUT2D eigenvalue weighted by molar-refractivity contribution is 0.231. The van der Waals surface area contributed by atoms with Gasteiger partial charge in [0, 0.05) is 9.94 Å². The maximum atomic E-state index is 13.7. The summed E-state index contributed by atoms with van der Waals surface area (Å²) in [7, 11) is -1.87. The highest BCUT2D eigenvalue weighted by Crippen LogP contribution is 2.21. The van der Waals surface area contributed by atoms with Crippen molar-refractivity contribution in [1.82, 2.24) is 0 Å². The van der Waals surface area contributed by atoms with Crippen LogP contribution in [0.5, 0.6) is 5.75 Å². The zero-order valence-corrected chi connectivity index (χ0v) is 9.95. The molecule has 82 valence electrons. The first-order chi connectivity index (χ1) is 6.93. The molecular weight excluding hydrogens is 266 g/mol. The van der Waals surface area contributed by atoms with Crippen LogP contribution in [0.15, 0.2) is 16.6 Å². The van der Waals surface area contributed by atoms with Crippen LogP contribution in [-0.4, -0.2) is 23.3 Å². The molecule has 2 N–H and O–H groups in total. The maximum Gasteiger partial charge on any atom is 0.492 e. The third kappa shape index (κ3) is 2.93. The summed E-state index contributed by atoms with van der Waals surface area (Å²) >= 11 is 3.03. The van der Waals surface area contributed by atoms with Crippen LogP contribution < -0.4 is 10.2 Å². The fraction of sp³-hybridized carbons (Fsp3) is 0.333. The highest BCUT2D eigenvalue weighted by molar-refractivity contribution is 9.10. The average Bonchev–Trinajstić information content (AvgIpc) is 2.09. The van der Waals surface area contributed by atoms with Gasteiger partial charge in [0.25, 0.3) is 0 Å². The average molecular weight is 277 g/mol. The van der Waals surface area contributed by atoms with Gasteiger partial charge < -0.3 is 14.8 Å². The lowest BCUT2D eigenvalue weighted by Crippen LogP contribution is -2.34. The molecule has 15 heavy (non-hydrogen) atoms. The molecule has 1 rings (SSSR count). The molecule has 0 spiro atoms. The van der Waals surface area contributed by atoms with Crippen LogP contribution in [0.2, 0.25) is 0 Å². The first-order valence-electron chi connectivity index (χ1n) is 4.44. The fourth-order valence-electron chi connectivity index (χ4n) is 1.13. The van der Waals surface area contributed by atoms with Gasteiger partial charge in [0.1, 0.15) is 0 Å². The van der Waals surface area contributed by atoms with Crippen LogP contribution in [0.4, 0.5) is 4.39 Å². The lowest BCUT2D eigenvalue weighted by atomic mass is 9.80. The second-order valence-electron chi connectivity index (χ2n) is 3.31. The second kappa shape index (κ2) is 4.96. The molecular formula is C9H11BBrFO3. The van der Waals surface area contributed by atoms with Crippen LogP contribution >= 0.6 is 15.9 Å². The summed E-state index contributed by atoms with van der Waals surface area (Å²) in [6.07, 6.45) is -0.177. The van der Waals surface area contributed by atoms with Gasteiger partial charge in [0.2, 0.25) is 0 Å². The Labute approximate surface area is 96.2 Å². The van der Waals surface area contributed by atoms with Crippen molar-refractivity contribution in [2.75, 3.05) is 0 Å². The number of hydrogen-bond acceptors (Lipinski definition) is 3. The Morgan fingerprint density at radius 2 is 2.00 bits per heavy atom. The fourth-order valence-corrected chi connectivity index (χ4v) is 1.64. The van der Waals surface area contributed by atoms with E-state index in [9.17, 15) is 4.39 Å². The van der Waals surface area contributed by atoms with Gasteiger partial charge in [-0.05, 0) is 26.0 Å². The Kier molecular flexibility index (Phi) is 4.13. The number of benzene rings is 1. The number of hydrogen-bond donors (Lipinski definition) is 2. The molecule has 0 radical (unpaired) electrons. The van der Waals surface area contributed by atoms with Crippen molar-refractivity contribution in [3.05, 3.63) is 22.4 Å². The van der Waals surface area contributed by atoms with Crippen molar-refractivity contribution >= 4 is 28.5 Å². The zero-order chi connectivity index (χ0) is 11.6. The van der Waals surface area contributed by atoms with E-state index in [0.29, 0.717) is 4.47 Å². The molecule has 0 saturated carbocycles. The first-order valence-corrected chi connectivity index (χ1v) is 5.23. The van der Waals surface area contributed by atoms with E-state index in [1.807, 2.05) is 0 Å². The molecule has 0 fully saturated rings. The van der Waals surface area contributed by atoms with Crippen molar-refractivity contribution < 1.29 is 19.2 Å². The van der Waals surface area contributed by atoms with Crippen LogP contribution in [0.1, 0.15) is 13.8 Å². The quantitative estimate of drug-likeness (QED) is 0.812. The van der Waals surface area contributed by atoms with Gasteiger partial charge in [0.15, 0.2) is 11.6 Å². The smallest absolute Gasteiger partial charge is 0.488 e. The van der Waals surface area contributed by atoms with Gasteiger partial charge >= 0.3 is 7.12 Å². The largest absolute Gasteiger partial charge is 0.492 e. The van der Waals surface area contributed by atoms with Gasteiger partial charge in [-0.25, -0.2) is 4.39 Å². The lowest BCUT2D eigenvalue weighted by Gasteiger charge is -2.13. The van der Waals surface area contributed by atoms with E-state index in [4.69, 9.17) is 14.8 Å². The molecule has 0 aromatic heterocycles. The molecule has 0 aliphatic carbocycles. The molecule has 0 amide bonds. The molecule has 1 aromatic carbocycles. The van der Waals surface area contributed by atoms with E-state index in [1.165, 1.54) is 12.1 Å². The zero-order valence-electron chi connectivity index (χ0n) is 8.37. The Morgan fingerprint density at radius 3 is 2.47 bits per heavy atom. The Hall–Kier alpha value is -0.585. The third-order valence-electron chi connectivity index (χ3n) is 1.71. The van der Waals surface area contributed by atoms with E-state index in [0.717, 1.165) is 0 Å². The predicted octanol–water partition coefficient (Wildman–Crippen LogP) is 1.06.